The number of halogens is 1. The summed E-state index contributed by atoms with van der Waals surface area (Å²) in [4.78, 5) is 12.4. The third kappa shape index (κ3) is 3.82. The zero-order chi connectivity index (χ0) is 17.9. The zero-order valence-electron chi connectivity index (χ0n) is 14.5. The van der Waals surface area contributed by atoms with Gasteiger partial charge in [0.2, 0.25) is 5.91 Å². The normalized spacial score (nSPS) is 13.6. The Morgan fingerprint density at radius 2 is 2.04 bits per heavy atom. The number of carbonyl (C=O) groups excluding carboxylic acids is 1. The SMILES string of the molecule is CC[C@H](NC(=O)Cc1c(C)nn(C)c1C)[C@H](O)c1ccccc1F. The first-order valence-corrected chi connectivity index (χ1v) is 8.06. The van der Waals surface area contributed by atoms with E-state index in [1.165, 1.54) is 12.1 Å². The van der Waals surface area contributed by atoms with Crippen molar-refractivity contribution in [3.05, 3.63) is 52.6 Å². The van der Waals surface area contributed by atoms with E-state index in [-0.39, 0.29) is 17.9 Å². The molecule has 0 aliphatic rings. The number of hydrogen-bond acceptors (Lipinski definition) is 3. The number of aromatic nitrogens is 2. The molecule has 0 aliphatic heterocycles. The van der Waals surface area contributed by atoms with E-state index < -0.39 is 18.0 Å². The van der Waals surface area contributed by atoms with Gasteiger partial charge < -0.3 is 10.4 Å². The number of amides is 1. The van der Waals surface area contributed by atoms with Crippen molar-refractivity contribution in [1.29, 1.82) is 0 Å². The molecule has 0 radical (unpaired) electrons. The maximum atomic E-state index is 13.8. The predicted molar refractivity (Wildman–Crippen MR) is 90.0 cm³/mol. The van der Waals surface area contributed by atoms with Gasteiger partial charge in [-0.25, -0.2) is 4.39 Å². The van der Waals surface area contributed by atoms with Crippen LogP contribution in [0, 0.1) is 19.7 Å². The fourth-order valence-corrected chi connectivity index (χ4v) is 2.83. The number of nitrogens with one attached hydrogen (secondary N) is 1. The molecule has 2 N–H and O–H groups in total. The first-order chi connectivity index (χ1) is 11.3. The molecule has 1 aromatic heterocycles. The minimum absolute atomic E-state index is 0.187. The number of benzene rings is 1. The van der Waals surface area contributed by atoms with Crippen LogP contribution in [0.1, 0.15) is 42.0 Å². The lowest BCUT2D eigenvalue weighted by molar-refractivity contribution is -0.122. The summed E-state index contributed by atoms with van der Waals surface area (Å²) in [6.45, 7) is 5.62. The lowest BCUT2D eigenvalue weighted by Gasteiger charge is -2.23. The Morgan fingerprint density at radius 3 is 2.58 bits per heavy atom. The van der Waals surface area contributed by atoms with Crippen molar-refractivity contribution in [1.82, 2.24) is 15.1 Å². The number of aryl methyl sites for hydroxylation is 2. The molecule has 1 amide bonds. The maximum absolute atomic E-state index is 13.8. The Bertz CT molecular complexity index is 727. The van der Waals surface area contributed by atoms with E-state index in [0.717, 1.165) is 17.0 Å². The molecule has 5 nitrogen and oxygen atoms in total. The summed E-state index contributed by atoms with van der Waals surface area (Å²) in [5, 5.41) is 17.5. The predicted octanol–water partition coefficient (Wildman–Crippen LogP) is 2.35. The van der Waals surface area contributed by atoms with Crippen LogP contribution in [0.3, 0.4) is 0 Å². The van der Waals surface area contributed by atoms with Gasteiger partial charge in [-0.2, -0.15) is 5.10 Å². The molecule has 2 rings (SSSR count). The quantitative estimate of drug-likeness (QED) is 0.853. The van der Waals surface area contributed by atoms with Crippen molar-refractivity contribution in [2.75, 3.05) is 0 Å². The summed E-state index contributed by atoms with van der Waals surface area (Å²) >= 11 is 0. The molecule has 0 fully saturated rings. The van der Waals surface area contributed by atoms with Crippen LogP contribution in [-0.4, -0.2) is 26.8 Å². The summed E-state index contributed by atoms with van der Waals surface area (Å²) in [5.74, 6) is -0.687. The monoisotopic (exact) mass is 333 g/mol. The molecule has 0 spiro atoms. The lowest BCUT2D eigenvalue weighted by Crippen LogP contribution is -2.40. The van der Waals surface area contributed by atoms with Gasteiger partial charge in [0.25, 0.3) is 0 Å². The van der Waals surface area contributed by atoms with Gasteiger partial charge in [-0.05, 0) is 26.3 Å². The van der Waals surface area contributed by atoms with Crippen molar-refractivity contribution in [2.24, 2.45) is 7.05 Å². The third-order valence-corrected chi connectivity index (χ3v) is 4.39. The Balaban J connectivity index is 2.09. The first kappa shape index (κ1) is 18.1. The van der Waals surface area contributed by atoms with Crippen molar-refractivity contribution < 1.29 is 14.3 Å². The van der Waals surface area contributed by atoms with E-state index in [1.54, 1.807) is 16.8 Å². The minimum Gasteiger partial charge on any atom is -0.386 e. The second-order valence-corrected chi connectivity index (χ2v) is 6.00. The van der Waals surface area contributed by atoms with Gasteiger partial charge in [-0.15, -0.1) is 0 Å². The average molecular weight is 333 g/mol. The highest BCUT2D eigenvalue weighted by atomic mass is 19.1. The van der Waals surface area contributed by atoms with Gasteiger partial charge in [0.15, 0.2) is 0 Å². The zero-order valence-corrected chi connectivity index (χ0v) is 14.5. The molecule has 6 heteroatoms. The third-order valence-electron chi connectivity index (χ3n) is 4.39. The van der Waals surface area contributed by atoms with Crippen LogP contribution in [0.4, 0.5) is 4.39 Å². The van der Waals surface area contributed by atoms with Gasteiger partial charge in [0.1, 0.15) is 11.9 Å². The first-order valence-electron chi connectivity index (χ1n) is 8.06. The summed E-state index contributed by atoms with van der Waals surface area (Å²) in [5.41, 5.74) is 2.82. The molecule has 130 valence electrons. The van der Waals surface area contributed by atoms with Crippen LogP contribution >= 0.6 is 0 Å². The molecule has 0 saturated heterocycles. The van der Waals surface area contributed by atoms with Crippen LogP contribution < -0.4 is 5.32 Å². The Labute approximate surface area is 141 Å². The molecular formula is C18H24FN3O2. The van der Waals surface area contributed by atoms with Gasteiger partial charge in [-0.1, -0.05) is 25.1 Å². The highest BCUT2D eigenvalue weighted by Gasteiger charge is 2.24. The highest BCUT2D eigenvalue weighted by Crippen LogP contribution is 2.22. The number of nitrogens with zero attached hydrogens (tertiary/aromatic N) is 2. The molecule has 2 aromatic rings. The van der Waals surface area contributed by atoms with E-state index >= 15 is 0 Å². The van der Waals surface area contributed by atoms with Crippen molar-refractivity contribution in [3.8, 4) is 0 Å². The molecule has 24 heavy (non-hydrogen) atoms. The van der Waals surface area contributed by atoms with Gasteiger partial charge in [0, 0.05) is 23.9 Å². The highest BCUT2D eigenvalue weighted by molar-refractivity contribution is 5.79. The van der Waals surface area contributed by atoms with Crippen LogP contribution in [0.5, 0.6) is 0 Å². The van der Waals surface area contributed by atoms with E-state index in [2.05, 4.69) is 10.4 Å². The second-order valence-electron chi connectivity index (χ2n) is 6.00. The van der Waals surface area contributed by atoms with Crippen molar-refractivity contribution >= 4 is 5.91 Å². The van der Waals surface area contributed by atoms with Crippen LogP contribution in [-0.2, 0) is 18.3 Å². The molecule has 0 unspecified atom stereocenters. The number of aliphatic hydroxyl groups excluding tert-OH is 1. The average Bonchev–Trinajstić information content (AvgIpc) is 2.78. The molecule has 1 aromatic carbocycles. The Kier molecular flexibility index (Phi) is 5.72. The topological polar surface area (TPSA) is 67.2 Å². The fourth-order valence-electron chi connectivity index (χ4n) is 2.83. The van der Waals surface area contributed by atoms with Crippen LogP contribution in [0.2, 0.25) is 0 Å². The Morgan fingerprint density at radius 1 is 1.38 bits per heavy atom. The van der Waals surface area contributed by atoms with Gasteiger partial charge in [-0.3, -0.25) is 9.48 Å². The number of carbonyl (C=O) groups is 1. The standard InChI is InChI=1S/C18H24FN3O2/c1-5-16(18(24)13-8-6-7-9-15(13)19)20-17(23)10-14-11(2)21-22(4)12(14)3/h6-9,16,18,24H,5,10H2,1-4H3,(H,20,23)/t16-,18+/m0/s1. The summed E-state index contributed by atoms with van der Waals surface area (Å²) in [7, 11) is 1.83. The Hall–Kier alpha value is -2.21. The fraction of sp³-hybridized carbons (Fsp3) is 0.444. The lowest BCUT2D eigenvalue weighted by atomic mass is 9.99. The van der Waals surface area contributed by atoms with Crippen LogP contribution in [0.15, 0.2) is 24.3 Å². The van der Waals surface area contributed by atoms with Gasteiger partial charge >= 0.3 is 0 Å². The maximum Gasteiger partial charge on any atom is 0.224 e. The summed E-state index contributed by atoms with van der Waals surface area (Å²) in [6.07, 6.45) is -0.408. The molecule has 0 aliphatic carbocycles. The molecule has 1 heterocycles. The minimum atomic E-state index is -1.09. The number of rotatable bonds is 6. The van der Waals surface area contributed by atoms with E-state index in [0.29, 0.717) is 6.42 Å². The molecule has 2 atom stereocenters. The van der Waals surface area contributed by atoms with Crippen LogP contribution in [0.25, 0.3) is 0 Å². The molecule has 0 bridgehead atoms. The smallest absolute Gasteiger partial charge is 0.224 e. The van der Waals surface area contributed by atoms with E-state index in [9.17, 15) is 14.3 Å². The van der Waals surface area contributed by atoms with E-state index in [4.69, 9.17) is 0 Å². The van der Waals surface area contributed by atoms with Crippen molar-refractivity contribution in [3.63, 3.8) is 0 Å². The number of aliphatic hydroxyl groups is 1. The summed E-state index contributed by atoms with van der Waals surface area (Å²) < 4.78 is 15.6. The number of hydrogen-bond donors (Lipinski definition) is 2. The van der Waals surface area contributed by atoms with Gasteiger partial charge in [0.05, 0.1) is 18.2 Å². The molecular weight excluding hydrogens is 309 g/mol. The second kappa shape index (κ2) is 7.57. The van der Waals surface area contributed by atoms with Crippen molar-refractivity contribution in [2.45, 2.75) is 45.8 Å². The molecule has 0 saturated carbocycles. The largest absolute Gasteiger partial charge is 0.386 e. The van der Waals surface area contributed by atoms with E-state index in [1.807, 2.05) is 27.8 Å². The summed E-state index contributed by atoms with van der Waals surface area (Å²) in [6, 6.07) is 5.52.